The summed E-state index contributed by atoms with van der Waals surface area (Å²) in [6, 6.07) is -1.12. The number of aliphatic hydroxyl groups is 3. The van der Waals surface area contributed by atoms with Crippen LogP contribution in [-0.2, 0) is 47.7 Å². The zero-order valence-electron chi connectivity index (χ0n) is 40.2. The van der Waals surface area contributed by atoms with E-state index in [-0.39, 0.29) is 67.0 Å². The molecule has 6 bridgehead atoms. The SMILES string of the molecule is CO[C@H]1C[C@@H]2CC[C@@H](C)[C@@](O)(OC2)C(=O)C(=O)N2CCCC3[C@H]2C(=O)O[C@@H](CC(=O)[C@H](C)/C=C(\C)[C@@H](O)[C@@H](OC)C(=O)[C@H](C)C[C@H](C)/C=C/C=C/C=C/1C)[C@H]3C[C@@H]1CC[C@@H](O)[C@H](OC)C1. The van der Waals surface area contributed by atoms with Crippen LogP contribution in [0.3, 0.4) is 0 Å². The van der Waals surface area contributed by atoms with Crippen molar-refractivity contribution in [3.63, 3.8) is 0 Å². The number of hydrogen-bond acceptors (Lipinski definition) is 13. The zero-order valence-corrected chi connectivity index (χ0v) is 40.2. The van der Waals surface area contributed by atoms with Gasteiger partial charge in [0.2, 0.25) is 5.79 Å². The Morgan fingerprint density at radius 2 is 1.58 bits per heavy atom. The molecular weight excluding hydrogens is 835 g/mol. The lowest BCUT2D eigenvalue weighted by molar-refractivity contribution is -0.226. The van der Waals surface area contributed by atoms with Crippen LogP contribution < -0.4 is 0 Å². The predicted octanol–water partition coefficient (Wildman–Crippen LogP) is 5.65. The molecule has 3 N–H and O–H groups in total. The molecule has 0 spiro atoms. The summed E-state index contributed by atoms with van der Waals surface area (Å²) < 4.78 is 29.3. The van der Waals surface area contributed by atoms with E-state index < -0.39 is 77.6 Å². The Bertz CT molecular complexity index is 1810. The van der Waals surface area contributed by atoms with E-state index in [4.69, 9.17) is 23.7 Å². The van der Waals surface area contributed by atoms with Crippen LogP contribution in [-0.4, -0.2) is 132 Å². The Hall–Kier alpha value is -3.37. The van der Waals surface area contributed by atoms with Crippen LogP contribution in [0.5, 0.6) is 0 Å². The lowest BCUT2D eigenvalue weighted by Crippen LogP contribution is -2.64. The van der Waals surface area contributed by atoms with Gasteiger partial charge < -0.3 is 43.9 Å². The summed E-state index contributed by atoms with van der Waals surface area (Å²) in [5.74, 6) is -8.45. The molecule has 0 radical (unpaired) electrons. The second-order valence-corrected chi connectivity index (χ2v) is 20.0. The Morgan fingerprint density at radius 1 is 0.846 bits per heavy atom. The maximum Gasteiger partial charge on any atom is 0.329 e. The van der Waals surface area contributed by atoms with Gasteiger partial charge in [-0.2, -0.15) is 0 Å². The Labute approximate surface area is 386 Å². The maximum atomic E-state index is 14.4. The highest BCUT2D eigenvalue weighted by Gasteiger charge is 2.56. The van der Waals surface area contributed by atoms with Crippen LogP contribution >= 0.6 is 0 Å². The number of allylic oxidation sites excluding steroid dienone is 6. The molecule has 14 nitrogen and oxygen atoms in total. The van der Waals surface area contributed by atoms with Crippen LogP contribution in [0.15, 0.2) is 47.6 Å². The molecule has 65 heavy (non-hydrogen) atoms. The molecule has 1 amide bonds. The first-order chi connectivity index (χ1) is 30.8. The maximum absolute atomic E-state index is 14.4. The van der Waals surface area contributed by atoms with Crippen molar-refractivity contribution in [3.8, 4) is 0 Å². The van der Waals surface area contributed by atoms with Crippen molar-refractivity contribution in [2.24, 2.45) is 47.3 Å². The molecule has 4 heterocycles. The third kappa shape index (κ3) is 12.6. The average molecular weight is 912 g/mol. The Kier molecular flexibility index (Phi) is 19.1. The molecular formula is C51H77NO13. The minimum absolute atomic E-state index is 0.0199. The number of rotatable bonds is 5. The monoisotopic (exact) mass is 912 g/mol. The zero-order chi connectivity index (χ0) is 47.7. The van der Waals surface area contributed by atoms with Crippen molar-refractivity contribution in [3.05, 3.63) is 47.6 Å². The number of carbonyl (C=O) groups excluding carboxylic acids is 5. The van der Waals surface area contributed by atoms with E-state index in [0.29, 0.717) is 69.8 Å². The number of nitrogens with zero attached hydrogens (tertiary/aromatic N) is 1. The second kappa shape index (κ2) is 23.6. The quantitative estimate of drug-likeness (QED) is 0.174. The third-order valence-electron chi connectivity index (χ3n) is 15.3. The number of ether oxygens (including phenoxy) is 5. The minimum Gasteiger partial charge on any atom is -0.460 e. The van der Waals surface area contributed by atoms with Gasteiger partial charge in [-0.1, -0.05) is 64.2 Å². The van der Waals surface area contributed by atoms with Crippen molar-refractivity contribution in [1.29, 1.82) is 0 Å². The van der Waals surface area contributed by atoms with Gasteiger partial charge in [0.25, 0.3) is 11.7 Å². The highest BCUT2D eigenvalue weighted by Crippen LogP contribution is 2.45. The van der Waals surface area contributed by atoms with Crippen molar-refractivity contribution in [2.45, 2.75) is 161 Å². The first-order valence-electron chi connectivity index (χ1n) is 24.0. The predicted molar refractivity (Wildman–Crippen MR) is 243 cm³/mol. The van der Waals surface area contributed by atoms with Crippen LogP contribution in [0.25, 0.3) is 0 Å². The van der Waals surface area contributed by atoms with Gasteiger partial charge in [0.1, 0.15) is 30.1 Å². The number of fused-ring (bicyclic) bond motifs is 4. The van der Waals surface area contributed by atoms with Gasteiger partial charge in [-0.05, 0) is 113 Å². The van der Waals surface area contributed by atoms with Gasteiger partial charge in [-0.15, -0.1) is 0 Å². The summed E-state index contributed by atoms with van der Waals surface area (Å²) in [4.78, 5) is 72.1. The molecule has 4 fully saturated rings. The van der Waals surface area contributed by atoms with Crippen LogP contribution in [0.2, 0.25) is 0 Å². The van der Waals surface area contributed by atoms with Gasteiger partial charge in [0, 0.05) is 58.0 Å². The second-order valence-electron chi connectivity index (χ2n) is 20.0. The summed E-state index contributed by atoms with van der Waals surface area (Å²) in [5, 5.41) is 34.0. The van der Waals surface area contributed by atoms with Crippen LogP contribution in [0, 0.1) is 47.3 Å². The Balaban J connectivity index is 1.49. The fourth-order valence-corrected chi connectivity index (χ4v) is 11.1. The lowest BCUT2D eigenvalue weighted by atomic mass is 9.68. The molecule has 0 aromatic carbocycles. The number of ketones is 3. The molecule has 14 heteroatoms. The third-order valence-corrected chi connectivity index (χ3v) is 15.3. The molecule has 4 aliphatic heterocycles. The molecule has 16 atom stereocenters. The number of esters is 1. The van der Waals surface area contributed by atoms with E-state index in [2.05, 4.69) is 0 Å². The number of piperidine rings is 1. The van der Waals surface area contributed by atoms with Crippen molar-refractivity contribution < 1.29 is 63.0 Å². The topological polar surface area (TPSA) is 195 Å². The molecule has 5 rings (SSSR count). The normalized spacial score (nSPS) is 42.9. The van der Waals surface area contributed by atoms with Gasteiger partial charge in [-0.25, -0.2) is 4.79 Å². The molecule has 5 aliphatic rings. The Morgan fingerprint density at radius 3 is 2.28 bits per heavy atom. The summed E-state index contributed by atoms with van der Waals surface area (Å²) in [6.45, 7) is 11.0. The molecule has 0 aromatic heterocycles. The summed E-state index contributed by atoms with van der Waals surface area (Å²) in [6.07, 6.45) is 12.1. The number of amides is 1. The van der Waals surface area contributed by atoms with E-state index in [9.17, 15) is 39.3 Å². The number of aliphatic hydroxyl groups excluding tert-OH is 2. The van der Waals surface area contributed by atoms with Gasteiger partial charge in [-0.3, -0.25) is 19.2 Å². The average Bonchev–Trinajstić information content (AvgIpc) is 3.43. The number of hydrogen-bond donors (Lipinski definition) is 3. The van der Waals surface area contributed by atoms with E-state index in [0.717, 1.165) is 5.57 Å². The lowest BCUT2D eigenvalue weighted by Gasteiger charge is -2.50. The fraction of sp³-hybridized carbons (Fsp3) is 0.745. The van der Waals surface area contributed by atoms with E-state index in [1.807, 2.05) is 51.2 Å². The van der Waals surface area contributed by atoms with Crippen LogP contribution in [0.4, 0.5) is 0 Å². The van der Waals surface area contributed by atoms with Crippen molar-refractivity contribution in [2.75, 3.05) is 34.5 Å². The van der Waals surface area contributed by atoms with Crippen molar-refractivity contribution in [1.82, 2.24) is 4.90 Å². The minimum atomic E-state index is -2.41. The van der Waals surface area contributed by atoms with Gasteiger partial charge >= 0.3 is 5.97 Å². The fourth-order valence-electron chi connectivity index (χ4n) is 11.1. The highest BCUT2D eigenvalue weighted by atomic mass is 16.6. The molecule has 1 aliphatic carbocycles. The smallest absolute Gasteiger partial charge is 0.329 e. The van der Waals surface area contributed by atoms with Crippen LogP contribution in [0.1, 0.15) is 112 Å². The van der Waals surface area contributed by atoms with Gasteiger partial charge in [0.15, 0.2) is 5.78 Å². The molecule has 0 aromatic rings. The molecule has 1 unspecified atom stereocenters. The standard InChI is InChI=1S/C51H77NO13/c1-29-14-11-10-12-15-30(2)41(61-7)26-36-18-17-34(6)51(60,64-28-36)48(57)49(58)52-21-13-16-37-38(24-35-19-20-39(53)43(25-35)62-8)42(65-50(59)44(37)52)27-40(54)31(3)23-33(5)46(56)47(63-9)45(55)32(4)22-29/h10-12,14-15,23,29,31-32,34-39,41-44,46-47,53,56,60H,13,16-22,24-28H2,1-9H3/b12-10+,14-11+,30-15+,33-23+/t29-,31-,32-,34-,35+,36+,37?,38+,39-,41+,42+,43-,44+,46-,47+,51-/m1/s1. The van der Waals surface area contributed by atoms with Crippen molar-refractivity contribution >= 4 is 29.2 Å². The molecule has 3 saturated heterocycles. The number of carbonyl (C=O) groups is 5. The largest absolute Gasteiger partial charge is 0.460 e. The molecule has 364 valence electrons. The summed E-state index contributed by atoms with van der Waals surface area (Å²) in [5.41, 5.74) is 1.36. The van der Waals surface area contributed by atoms with E-state index in [1.54, 1.807) is 41.1 Å². The van der Waals surface area contributed by atoms with E-state index in [1.165, 1.54) is 12.0 Å². The first kappa shape index (κ1) is 52.6. The highest BCUT2D eigenvalue weighted by molar-refractivity contribution is 6.39. The number of Topliss-reactive ketones (excluding diaryl/α,β-unsaturated/α-hetero) is 3. The summed E-state index contributed by atoms with van der Waals surface area (Å²) in [7, 11) is 4.58. The van der Waals surface area contributed by atoms with Gasteiger partial charge in [0.05, 0.1) is 24.9 Å². The first-order valence-corrected chi connectivity index (χ1v) is 24.0. The summed E-state index contributed by atoms with van der Waals surface area (Å²) >= 11 is 0. The number of methoxy groups -OCH3 is 3. The van der Waals surface area contributed by atoms with E-state index >= 15 is 0 Å². The molecule has 1 saturated carbocycles.